The van der Waals surface area contributed by atoms with Gasteiger partial charge in [0.05, 0.1) is 41.1 Å². The van der Waals surface area contributed by atoms with E-state index < -0.39 is 34.7 Å². The first-order valence-corrected chi connectivity index (χ1v) is 15.9. The Balaban J connectivity index is 1.24. The molecule has 0 atom stereocenters. The van der Waals surface area contributed by atoms with Gasteiger partial charge in [-0.05, 0) is 61.0 Å². The van der Waals surface area contributed by atoms with Crippen LogP contribution in [0.1, 0.15) is 21.6 Å². The van der Waals surface area contributed by atoms with Crippen molar-refractivity contribution in [2.75, 3.05) is 37.0 Å². The number of nitrogens with zero attached hydrogens (tertiary/aromatic N) is 3. The summed E-state index contributed by atoms with van der Waals surface area (Å²) in [5.74, 6) is -0.250. The van der Waals surface area contributed by atoms with E-state index in [-0.39, 0.29) is 47.7 Å². The van der Waals surface area contributed by atoms with E-state index in [1.54, 1.807) is 49.4 Å². The van der Waals surface area contributed by atoms with Crippen LogP contribution in [0.3, 0.4) is 0 Å². The number of H-pyrrole nitrogens is 1. The highest BCUT2D eigenvalue weighted by molar-refractivity contribution is 7.88. The molecule has 2 aromatic heterocycles. The average Bonchev–Trinajstić information content (AvgIpc) is 3.56. The number of ether oxygens (including phenoxy) is 2. The zero-order valence-corrected chi connectivity index (χ0v) is 25.4. The summed E-state index contributed by atoms with van der Waals surface area (Å²) in [6.07, 6.45) is -0.251. The molecule has 1 saturated heterocycles. The third-order valence-electron chi connectivity index (χ3n) is 7.52. The second-order valence-electron chi connectivity index (χ2n) is 10.9. The van der Waals surface area contributed by atoms with Crippen LogP contribution in [0.15, 0.2) is 66.9 Å². The Morgan fingerprint density at radius 3 is 2.59 bits per heavy atom. The Kier molecular flexibility index (Phi) is 8.12. The molecule has 0 spiro atoms. The number of aromatic nitrogens is 3. The topological polar surface area (TPSA) is 145 Å². The van der Waals surface area contributed by atoms with Gasteiger partial charge in [0, 0.05) is 24.0 Å². The fourth-order valence-electron chi connectivity index (χ4n) is 5.14. The van der Waals surface area contributed by atoms with Crippen LogP contribution >= 0.6 is 0 Å². The fourth-order valence-corrected chi connectivity index (χ4v) is 6.04. The molecule has 0 aliphatic carbocycles. The Labute approximate surface area is 261 Å². The highest BCUT2D eigenvalue weighted by atomic mass is 32.2. The molecule has 1 fully saturated rings. The minimum Gasteiger partial charge on any atom is -0.485 e. The zero-order valence-electron chi connectivity index (χ0n) is 24.6. The molecule has 3 heterocycles. The Hall–Kier alpha value is -5.02. The van der Waals surface area contributed by atoms with Gasteiger partial charge in [0.1, 0.15) is 23.9 Å². The second kappa shape index (κ2) is 12.1. The van der Waals surface area contributed by atoms with Crippen molar-refractivity contribution in [2.24, 2.45) is 0 Å². The summed E-state index contributed by atoms with van der Waals surface area (Å²) in [7, 11) is -3.34. The lowest BCUT2D eigenvalue weighted by molar-refractivity contribution is 0.0822. The molecule has 15 heteroatoms. The van der Waals surface area contributed by atoms with E-state index in [9.17, 15) is 26.4 Å². The molecule has 0 radical (unpaired) electrons. The van der Waals surface area contributed by atoms with Crippen molar-refractivity contribution in [3.8, 4) is 22.9 Å². The van der Waals surface area contributed by atoms with Crippen molar-refractivity contribution in [1.29, 1.82) is 0 Å². The zero-order chi connectivity index (χ0) is 32.7. The largest absolute Gasteiger partial charge is 0.485 e. The number of sulfonamides is 1. The van der Waals surface area contributed by atoms with Crippen LogP contribution in [0.4, 0.5) is 24.7 Å². The van der Waals surface area contributed by atoms with Crippen molar-refractivity contribution in [2.45, 2.75) is 19.4 Å². The molecule has 5 aromatic rings. The summed E-state index contributed by atoms with van der Waals surface area (Å²) >= 11 is 0. The summed E-state index contributed by atoms with van der Waals surface area (Å²) in [6.45, 7) is 1.38. The van der Waals surface area contributed by atoms with Gasteiger partial charge in [-0.2, -0.15) is 9.40 Å². The maximum atomic E-state index is 14.0. The van der Waals surface area contributed by atoms with Crippen molar-refractivity contribution in [1.82, 2.24) is 19.1 Å². The number of ketones is 1. The molecule has 0 amide bonds. The van der Waals surface area contributed by atoms with Crippen LogP contribution in [0.2, 0.25) is 0 Å². The number of nitrogens with one attached hydrogen (secondary N) is 2. The number of para-hydroxylation sites is 1. The molecular weight excluding hydrogens is 625 g/mol. The smallest absolute Gasteiger partial charge is 0.272 e. The molecule has 0 saturated carbocycles. The molecule has 0 bridgehead atoms. The van der Waals surface area contributed by atoms with E-state index in [0.29, 0.717) is 33.6 Å². The van der Waals surface area contributed by atoms with Crippen LogP contribution in [-0.2, 0) is 10.0 Å². The van der Waals surface area contributed by atoms with Gasteiger partial charge in [-0.15, -0.1) is 0 Å². The number of benzene rings is 3. The van der Waals surface area contributed by atoms with E-state index in [2.05, 4.69) is 15.4 Å². The van der Waals surface area contributed by atoms with Gasteiger partial charge in [0.25, 0.3) is 6.43 Å². The summed E-state index contributed by atoms with van der Waals surface area (Å²) in [6, 6.07) is 15.5. The van der Waals surface area contributed by atoms with Gasteiger partial charge < -0.3 is 25.5 Å². The number of hydrogen-bond acceptors (Lipinski definition) is 8. The quantitative estimate of drug-likeness (QED) is 0.167. The number of fused-ring (bicyclic) bond motifs is 1. The molecule has 4 N–H and O–H groups in total. The Morgan fingerprint density at radius 1 is 1.13 bits per heavy atom. The number of carbonyl (C=O) groups is 1. The Bertz CT molecular complexity index is 2060. The number of halogens is 3. The van der Waals surface area contributed by atoms with E-state index in [1.165, 1.54) is 33.4 Å². The molecule has 1 aliphatic rings. The molecule has 1 aliphatic heterocycles. The standard InChI is InChI=1S/C31H29F3N6O5S/c1-17-9-20(45-27-6-4-3-5-22(27)32)7-8-26(17)40-31(35)21(13-36-40)30(41)25-10-18-11-28(44-16-29(33)34)24(12-23(18)38-25)37-19-14-39(15-19)46(2,42)43/h3-13,19,29,37-38H,14-16,35H2,1-2H3. The second-order valence-corrected chi connectivity index (χ2v) is 12.9. The van der Waals surface area contributed by atoms with Gasteiger partial charge in [-0.25, -0.2) is 26.3 Å². The summed E-state index contributed by atoms with van der Waals surface area (Å²) < 4.78 is 77.2. The number of rotatable bonds is 11. The number of hydrogen-bond donors (Lipinski definition) is 3. The molecule has 0 unspecified atom stereocenters. The van der Waals surface area contributed by atoms with Crippen molar-refractivity contribution in [3.05, 3.63) is 89.5 Å². The first kappa shape index (κ1) is 31.0. The van der Waals surface area contributed by atoms with E-state index in [0.717, 1.165) is 6.26 Å². The third-order valence-corrected chi connectivity index (χ3v) is 8.76. The predicted octanol–water partition coefficient (Wildman–Crippen LogP) is 5.11. The fraction of sp³-hybridized carbons (Fsp3) is 0.226. The highest BCUT2D eigenvalue weighted by Crippen LogP contribution is 2.34. The van der Waals surface area contributed by atoms with Crippen molar-refractivity contribution < 1.29 is 35.9 Å². The summed E-state index contributed by atoms with van der Waals surface area (Å²) in [5.41, 5.74) is 8.86. The van der Waals surface area contributed by atoms with Gasteiger partial charge in [-0.1, -0.05) is 12.1 Å². The third kappa shape index (κ3) is 6.23. The van der Waals surface area contributed by atoms with Gasteiger partial charge >= 0.3 is 0 Å². The van der Waals surface area contributed by atoms with Crippen LogP contribution in [0.5, 0.6) is 17.2 Å². The predicted molar refractivity (Wildman–Crippen MR) is 166 cm³/mol. The number of nitrogens with two attached hydrogens (primary N) is 1. The monoisotopic (exact) mass is 654 g/mol. The number of aryl methyl sites for hydroxylation is 1. The van der Waals surface area contributed by atoms with E-state index in [1.807, 2.05) is 0 Å². The first-order valence-electron chi connectivity index (χ1n) is 14.1. The maximum absolute atomic E-state index is 14.0. The SMILES string of the molecule is Cc1cc(Oc2ccccc2F)ccc1-n1ncc(C(=O)c2cc3cc(OCC(F)F)c(NC4CN(S(C)(=O)=O)C4)cc3[nH]2)c1N. The van der Waals surface area contributed by atoms with Crippen molar-refractivity contribution >= 4 is 38.2 Å². The molecule has 6 rings (SSSR count). The van der Waals surface area contributed by atoms with E-state index >= 15 is 0 Å². The lowest BCUT2D eigenvalue weighted by atomic mass is 10.1. The number of alkyl halides is 2. The van der Waals surface area contributed by atoms with Crippen LogP contribution in [0.25, 0.3) is 16.6 Å². The summed E-state index contributed by atoms with van der Waals surface area (Å²) in [5, 5.41) is 8.00. The van der Waals surface area contributed by atoms with E-state index in [4.69, 9.17) is 15.2 Å². The highest BCUT2D eigenvalue weighted by Gasteiger charge is 2.33. The number of nitrogen functional groups attached to an aromatic ring is 1. The number of carbonyl (C=O) groups excluding carboxylic acids is 1. The van der Waals surface area contributed by atoms with Gasteiger partial charge in [0.15, 0.2) is 11.6 Å². The molecular formula is C31H29F3N6O5S. The normalized spacial score (nSPS) is 14.0. The average molecular weight is 655 g/mol. The molecule has 240 valence electrons. The molecule has 3 aromatic carbocycles. The summed E-state index contributed by atoms with van der Waals surface area (Å²) in [4.78, 5) is 16.6. The van der Waals surface area contributed by atoms with Crippen molar-refractivity contribution in [3.63, 3.8) is 0 Å². The number of anilines is 2. The maximum Gasteiger partial charge on any atom is 0.272 e. The lowest BCUT2D eigenvalue weighted by Crippen LogP contribution is -2.56. The molecule has 11 nitrogen and oxygen atoms in total. The van der Waals surface area contributed by atoms with Crippen LogP contribution in [-0.4, -0.2) is 71.7 Å². The lowest BCUT2D eigenvalue weighted by Gasteiger charge is -2.38. The minimum absolute atomic E-state index is 0.0803. The van der Waals surface area contributed by atoms with Crippen LogP contribution in [0, 0.1) is 12.7 Å². The van der Waals surface area contributed by atoms with Crippen LogP contribution < -0.4 is 20.5 Å². The van der Waals surface area contributed by atoms with Gasteiger partial charge in [0.2, 0.25) is 15.8 Å². The first-order chi connectivity index (χ1) is 21.9. The Morgan fingerprint density at radius 2 is 1.89 bits per heavy atom. The number of aromatic amines is 1. The minimum atomic E-state index is -3.34. The molecule has 46 heavy (non-hydrogen) atoms. The van der Waals surface area contributed by atoms with Gasteiger partial charge in [-0.3, -0.25) is 4.79 Å².